The predicted octanol–water partition coefficient (Wildman–Crippen LogP) is 11.4. The molecule has 0 N–H and O–H groups in total. The Balaban J connectivity index is 1.80. The Morgan fingerprint density at radius 3 is 1.28 bits per heavy atom. The van der Waals surface area contributed by atoms with Gasteiger partial charge in [0.25, 0.3) is 0 Å². The summed E-state index contributed by atoms with van der Waals surface area (Å²) in [5.74, 6) is -59.9. The van der Waals surface area contributed by atoms with E-state index in [1.54, 1.807) is 0 Å². The SMILES string of the molecule is CCC1CCC(C2CCC(c3ccc(C(=O)C(F)(F)C(F)(F)C(F)(F)C(F)(F)C(F)(F)C(F)(F)C(F)(F)C(F)(F)F)cc3)CC2)CC1. The lowest BCUT2D eigenvalue weighted by Crippen LogP contribution is -2.75. The van der Waals surface area contributed by atoms with Crippen LogP contribution in [0.4, 0.5) is 74.6 Å². The molecule has 47 heavy (non-hydrogen) atoms. The molecule has 2 aliphatic carbocycles. The van der Waals surface area contributed by atoms with E-state index in [2.05, 4.69) is 6.92 Å². The highest BCUT2D eigenvalue weighted by Gasteiger charge is 2.95. The third-order valence-electron chi connectivity index (χ3n) is 9.56. The summed E-state index contributed by atoms with van der Waals surface area (Å²) in [7, 11) is 0. The van der Waals surface area contributed by atoms with Crippen LogP contribution in [0.25, 0.3) is 0 Å². The van der Waals surface area contributed by atoms with Crippen molar-refractivity contribution in [2.24, 2.45) is 17.8 Å². The van der Waals surface area contributed by atoms with Crippen molar-refractivity contribution in [2.75, 3.05) is 0 Å². The van der Waals surface area contributed by atoms with Crippen LogP contribution in [0.3, 0.4) is 0 Å². The molecule has 0 heterocycles. The van der Waals surface area contributed by atoms with E-state index in [9.17, 15) is 79.4 Å². The minimum atomic E-state index is -8.74. The molecule has 0 atom stereocenters. The number of carbonyl (C=O) groups is 1. The molecule has 0 aromatic heterocycles. The van der Waals surface area contributed by atoms with Gasteiger partial charge in [-0.2, -0.15) is 74.6 Å². The van der Waals surface area contributed by atoms with Gasteiger partial charge in [0.2, 0.25) is 5.78 Å². The molecule has 0 aliphatic heterocycles. The minimum Gasteiger partial charge on any atom is -0.287 e. The number of hydrogen-bond donors (Lipinski definition) is 0. The zero-order chi connectivity index (χ0) is 36.2. The van der Waals surface area contributed by atoms with Crippen LogP contribution >= 0.6 is 0 Å². The number of ketones is 1. The molecule has 0 radical (unpaired) electrons. The summed E-state index contributed by atoms with van der Waals surface area (Å²) >= 11 is 0. The van der Waals surface area contributed by atoms with E-state index in [0.717, 1.165) is 57.1 Å². The summed E-state index contributed by atoms with van der Waals surface area (Å²) in [6.45, 7) is 2.12. The van der Waals surface area contributed by atoms with Crippen LogP contribution in [0.5, 0.6) is 0 Å². The van der Waals surface area contributed by atoms with Crippen molar-refractivity contribution >= 4 is 5.78 Å². The molecule has 2 fully saturated rings. The summed E-state index contributed by atoms with van der Waals surface area (Å²) in [6, 6.07) is 2.78. The lowest BCUT2D eigenvalue weighted by atomic mass is 9.68. The van der Waals surface area contributed by atoms with E-state index in [1.165, 1.54) is 0 Å². The number of benzene rings is 1. The highest BCUT2D eigenvalue weighted by Crippen LogP contribution is 2.64. The molecule has 0 saturated heterocycles. The maximum atomic E-state index is 14.5. The third-order valence-corrected chi connectivity index (χ3v) is 9.56. The zero-order valence-electron chi connectivity index (χ0n) is 24.3. The van der Waals surface area contributed by atoms with Gasteiger partial charge >= 0.3 is 47.6 Å². The average Bonchev–Trinajstić information content (AvgIpc) is 2.99. The van der Waals surface area contributed by atoms with Crippen LogP contribution in [0.1, 0.15) is 86.6 Å². The molecule has 0 unspecified atom stereocenters. The van der Waals surface area contributed by atoms with Gasteiger partial charge in [-0.1, -0.05) is 50.5 Å². The van der Waals surface area contributed by atoms with Crippen molar-refractivity contribution in [1.82, 2.24) is 0 Å². The van der Waals surface area contributed by atoms with Crippen LogP contribution in [0.2, 0.25) is 0 Å². The molecule has 1 aromatic carbocycles. The summed E-state index contributed by atoms with van der Waals surface area (Å²) in [4.78, 5) is 12.2. The predicted molar refractivity (Wildman–Crippen MR) is 132 cm³/mol. The molecule has 270 valence electrons. The van der Waals surface area contributed by atoms with Crippen molar-refractivity contribution < 1.29 is 79.4 Å². The first-order valence-electron chi connectivity index (χ1n) is 14.5. The fraction of sp³-hybridized carbons (Fsp3) is 0.759. The summed E-state index contributed by atoms with van der Waals surface area (Å²) in [6.07, 6.45) is 0.451. The maximum Gasteiger partial charge on any atom is 0.460 e. The van der Waals surface area contributed by atoms with E-state index >= 15 is 0 Å². The first-order valence-corrected chi connectivity index (χ1v) is 14.5. The molecule has 1 aromatic rings. The van der Waals surface area contributed by atoms with Crippen molar-refractivity contribution in [1.29, 1.82) is 0 Å². The smallest absolute Gasteiger partial charge is 0.287 e. The number of alkyl halides is 17. The standard InChI is InChI=1S/C29H29F17O/c1-2-15-3-5-16(6-4-15)17-7-9-18(10-8-17)19-11-13-20(14-12-19)21(47)22(30,31)23(32,33)24(34,35)25(36,37)26(38,39)27(40,41)28(42,43)29(44,45)46/h11-18H,2-10H2,1H3. The second-order valence-electron chi connectivity index (χ2n) is 12.3. The first kappa shape index (κ1) is 39.1. The van der Waals surface area contributed by atoms with E-state index in [0.29, 0.717) is 48.3 Å². The number of carbonyl (C=O) groups excluding carboxylic acids is 1. The van der Waals surface area contributed by atoms with Crippen molar-refractivity contribution in [3.05, 3.63) is 35.4 Å². The first-order chi connectivity index (χ1) is 21.1. The second-order valence-corrected chi connectivity index (χ2v) is 12.3. The van der Waals surface area contributed by atoms with Crippen molar-refractivity contribution in [2.45, 2.75) is 118 Å². The summed E-state index contributed by atoms with van der Waals surface area (Å²) in [5, 5.41) is 0. The Morgan fingerprint density at radius 1 is 0.532 bits per heavy atom. The monoisotopic (exact) mass is 716 g/mol. The van der Waals surface area contributed by atoms with Crippen LogP contribution < -0.4 is 0 Å². The highest BCUT2D eigenvalue weighted by atomic mass is 19.4. The van der Waals surface area contributed by atoms with Crippen molar-refractivity contribution in [3.63, 3.8) is 0 Å². The van der Waals surface area contributed by atoms with Gasteiger partial charge in [-0.25, -0.2) is 0 Å². The van der Waals surface area contributed by atoms with E-state index in [4.69, 9.17) is 0 Å². The number of hydrogen-bond acceptors (Lipinski definition) is 1. The highest BCUT2D eigenvalue weighted by molar-refractivity contribution is 6.02. The molecule has 3 rings (SSSR count). The zero-order valence-corrected chi connectivity index (χ0v) is 24.3. The summed E-state index contributed by atoms with van der Waals surface area (Å²) < 4.78 is 230. The maximum absolute atomic E-state index is 14.5. The van der Waals surface area contributed by atoms with E-state index in [-0.39, 0.29) is 5.92 Å². The number of rotatable bonds is 11. The van der Waals surface area contributed by atoms with Gasteiger partial charge in [-0.3, -0.25) is 4.79 Å². The molecule has 0 amide bonds. The van der Waals surface area contributed by atoms with Gasteiger partial charge in [-0.05, 0) is 67.8 Å². The Kier molecular flexibility index (Phi) is 10.4. The fourth-order valence-corrected chi connectivity index (χ4v) is 6.39. The second kappa shape index (κ2) is 12.5. The van der Waals surface area contributed by atoms with Crippen molar-refractivity contribution in [3.8, 4) is 0 Å². The van der Waals surface area contributed by atoms with Crippen LogP contribution in [-0.2, 0) is 0 Å². The molecular formula is C29H29F17O. The Labute approximate surface area is 257 Å². The Bertz CT molecular complexity index is 1240. The molecule has 0 bridgehead atoms. The van der Waals surface area contributed by atoms with Gasteiger partial charge in [0.05, 0.1) is 0 Å². The van der Waals surface area contributed by atoms with Crippen LogP contribution in [0.15, 0.2) is 24.3 Å². The Hall–Kier alpha value is -2.30. The third kappa shape index (κ3) is 6.20. The lowest BCUT2D eigenvalue weighted by Gasteiger charge is -2.42. The summed E-state index contributed by atoms with van der Waals surface area (Å²) in [5.41, 5.74) is -1.14. The Morgan fingerprint density at radius 2 is 0.894 bits per heavy atom. The van der Waals surface area contributed by atoms with Gasteiger partial charge < -0.3 is 0 Å². The lowest BCUT2D eigenvalue weighted by molar-refractivity contribution is -0.459. The minimum absolute atomic E-state index is 0.203. The van der Waals surface area contributed by atoms with Gasteiger partial charge in [0, 0.05) is 5.56 Å². The van der Waals surface area contributed by atoms with Gasteiger partial charge in [0.1, 0.15) is 0 Å². The number of halogens is 17. The quantitative estimate of drug-likeness (QED) is 0.165. The van der Waals surface area contributed by atoms with Gasteiger partial charge in [0.15, 0.2) is 0 Å². The molecule has 2 saturated carbocycles. The largest absolute Gasteiger partial charge is 0.460 e. The molecule has 1 nitrogen and oxygen atoms in total. The average molecular weight is 717 g/mol. The topological polar surface area (TPSA) is 17.1 Å². The molecule has 0 spiro atoms. The molecular weight excluding hydrogens is 687 g/mol. The van der Waals surface area contributed by atoms with E-state index in [1.807, 2.05) is 0 Å². The number of Topliss-reactive ketones (excluding diaryl/α,β-unsaturated/α-hetero) is 1. The molecule has 18 heteroatoms. The normalized spacial score (nSPS) is 24.7. The van der Waals surface area contributed by atoms with E-state index < -0.39 is 59.0 Å². The van der Waals surface area contributed by atoms with Crippen LogP contribution in [0, 0.1) is 17.8 Å². The molecule has 2 aliphatic rings. The van der Waals surface area contributed by atoms with Gasteiger partial charge in [-0.15, -0.1) is 0 Å². The fourth-order valence-electron chi connectivity index (χ4n) is 6.39. The van der Waals surface area contributed by atoms with Crippen LogP contribution in [-0.4, -0.2) is 53.4 Å².